The molecule has 0 unspecified atom stereocenters. The zero-order valence-electron chi connectivity index (χ0n) is 16.1. The van der Waals surface area contributed by atoms with Crippen molar-refractivity contribution in [1.82, 2.24) is 14.9 Å². The monoisotopic (exact) mass is 415 g/mol. The second-order valence-corrected chi connectivity index (χ2v) is 7.28. The van der Waals surface area contributed by atoms with Crippen molar-refractivity contribution in [2.24, 2.45) is 0 Å². The standard InChI is InChI=1S/C20H21N3O5S/c1-27-20(26)16(9-10-29-2)22-18(24)17-8-7-13(28-17)11-23-12-21-15-6-4-3-5-14(15)19(23)25/h3-8,12,16H,9-11H2,1-2H3,(H,22,24)/t16-/m0/s1. The number of methoxy groups -OCH3 is 1. The summed E-state index contributed by atoms with van der Waals surface area (Å²) in [6.45, 7) is 0.136. The summed E-state index contributed by atoms with van der Waals surface area (Å²) in [5, 5.41) is 3.14. The summed E-state index contributed by atoms with van der Waals surface area (Å²) in [6, 6.07) is 9.45. The first kappa shape index (κ1) is 20.7. The Kier molecular flexibility index (Phi) is 6.71. The second kappa shape index (κ2) is 9.42. The number of benzene rings is 1. The minimum absolute atomic E-state index is 0.0554. The van der Waals surface area contributed by atoms with Crippen LogP contribution in [0.5, 0.6) is 0 Å². The van der Waals surface area contributed by atoms with Crippen LogP contribution in [0, 0.1) is 0 Å². The molecule has 0 aliphatic heterocycles. The summed E-state index contributed by atoms with van der Waals surface area (Å²) in [7, 11) is 1.28. The van der Waals surface area contributed by atoms with E-state index in [1.54, 1.807) is 36.0 Å². The first-order valence-corrected chi connectivity index (χ1v) is 10.3. The third kappa shape index (κ3) is 4.86. The maximum Gasteiger partial charge on any atom is 0.328 e. The lowest BCUT2D eigenvalue weighted by Crippen LogP contribution is -2.41. The Morgan fingerprint density at radius 3 is 2.83 bits per heavy atom. The first-order valence-electron chi connectivity index (χ1n) is 8.94. The van der Waals surface area contributed by atoms with E-state index < -0.39 is 17.9 Å². The molecule has 1 aromatic carbocycles. The topological polar surface area (TPSA) is 103 Å². The highest BCUT2D eigenvalue weighted by molar-refractivity contribution is 7.98. The number of esters is 1. The van der Waals surface area contributed by atoms with Gasteiger partial charge in [-0.2, -0.15) is 11.8 Å². The molecule has 0 aliphatic carbocycles. The van der Waals surface area contributed by atoms with E-state index in [0.717, 1.165) is 0 Å². The van der Waals surface area contributed by atoms with Crippen LogP contribution in [-0.4, -0.2) is 46.6 Å². The SMILES string of the molecule is COC(=O)[C@H](CCSC)NC(=O)c1ccc(Cn2cnc3ccccc3c2=O)o1. The van der Waals surface area contributed by atoms with E-state index in [1.165, 1.54) is 24.1 Å². The minimum Gasteiger partial charge on any atom is -0.467 e. The largest absolute Gasteiger partial charge is 0.467 e. The number of hydrogen-bond acceptors (Lipinski definition) is 7. The molecule has 0 spiro atoms. The average Bonchev–Trinajstić information content (AvgIpc) is 3.21. The molecule has 152 valence electrons. The van der Waals surface area contributed by atoms with E-state index in [9.17, 15) is 14.4 Å². The molecule has 1 amide bonds. The summed E-state index contributed by atoms with van der Waals surface area (Å²) in [4.78, 5) is 41.1. The second-order valence-electron chi connectivity index (χ2n) is 6.29. The maximum atomic E-state index is 12.6. The van der Waals surface area contributed by atoms with E-state index in [1.807, 2.05) is 12.3 Å². The molecule has 3 rings (SSSR count). The Labute approximate surface area is 171 Å². The third-order valence-electron chi connectivity index (χ3n) is 4.34. The molecule has 0 saturated heterocycles. The van der Waals surface area contributed by atoms with Gasteiger partial charge in [0.15, 0.2) is 5.76 Å². The molecule has 29 heavy (non-hydrogen) atoms. The van der Waals surface area contributed by atoms with Crippen LogP contribution in [0.25, 0.3) is 10.9 Å². The number of carbonyl (C=O) groups excluding carboxylic acids is 2. The molecule has 1 N–H and O–H groups in total. The number of carbonyl (C=O) groups is 2. The van der Waals surface area contributed by atoms with Gasteiger partial charge in [0.2, 0.25) is 0 Å². The van der Waals surface area contributed by atoms with Crippen molar-refractivity contribution >= 4 is 34.5 Å². The van der Waals surface area contributed by atoms with E-state index in [2.05, 4.69) is 10.3 Å². The van der Waals surface area contributed by atoms with Crippen molar-refractivity contribution in [3.8, 4) is 0 Å². The molecular formula is C20H21N3O5S. The van der Waals surface area contributed by atoms with Crippen LogP contribution in [0.2, 0.25) is 0 Å². The molecule has 9 heteroatoms. The van der Waals surface area contributed by atoms with Crippen LogP contribution < -0.4 is 10.9 Å². The summed E-state index contributed by atoms with van der Waals surface area (Å²) in [6.07, 6.45) is 3.81. The fourth-order valence-corrected chi connectivity index (χ4v) is 3.30. The van der Waals surface area contributed by atoms with E-state index >= 15 is 0 Å². The van der Waals surface area contributed by atoms with E-state index in [4.69, 9.17) is 9.15 Å². The molecule has 1 atom stereocenters. The molecule has 0 aliphatic rings. The van der Waals surface area contributed by atoms with Gasteiger partial charge in [0.25, 0.3) is 11.5 Å². The van der Waals surface area contributed by atoms with Gasteiger partial charge in [-0.05, 0) is 42.7 Å². The van der Waals surface area contributed by atoms with Gasteiger partial charge in [0.05, 0.1) is 30.9 Å². The van der Waals surface area contributed by atoms with Crippen molar-refractivity contribution in [3.63, 3.8) is 0 Å². The first-order chi connectivity index (χ1) is 14.0. The van der Waals surface area contributed by atoms with Gasteiger partial charge in [-0.3, -0.25) is 14.2 Å². The zero-order valence-corrected chi connectivity index (χ0v) is 16.9. The number of amides is 1. The number of nitrogens with one attached hydrogen (secondary N) is 1. The average molecular weight is 415 g/mol. The Balaban J connectivity index is 1.73. The lowest BCUT2D eigenvalue weighted by Gasteiger charge is -2.15. The number of thioether (sulfide) groups is 1. The predicted molar refractivity (Wildman–Crippen MR) is 110 cm³/mol. The van der Waals surface area contributed by atoms with Crippen molar-refractivity contribution in [3.05, 3.63) is 64.6 Å². The van der Waals surface area contributed by atoms with Crippen LogP contribution in [-0.2, 0) is 16.1 Å². The number of hydrogen-bond donors (Lipinski definition) is 1. The van der Waals surface area contributed by atoms with Crippen LogP contribution in [0.1, 0.15) is 22.7 Å². The van der Waals surface area contributed by atoms with Gasteiger partial charge >= 0.3 is 5.97 Å². The molecule has 0 bridgehead atoms. The molecule has 3 aromatic rings. The molecule has 0 saturated carbocycles. The van der Waals surface area contributed by atoms with Gasteiger partial charge in [0, 0.05) is 0 Å². The van der Waals surface area contributed by atoms with Crippen molar-refractivity contribution < 1.29 is 18.7 Å². The minimum atomic E-state index is -0.749. The number of aromatic nitrogens is 2. The van der Waals surface area contributed by atoms with Crippen molar-refractivity contribution in [2.75, 3.05) is 19.1 Å². The van der Waals surface area contributed by atoms with Gasteiger partial charge < -0.3 is 14.5 Å². The smallest absolute Gasteiger partial charge is 0.328 e. The fourth-order valence-electron chi connectivity index (χ4n) is 2.83. The lowest BCUT2D eigenvalue weighted by atomic mass is 10.2. The molecule has 2 aromatic heterocycles. The number of ether oxygens (including phenoxy) is 1. The Bertz CT molecular complexity index is 1080. The molecule has 2 heterocycles. The van der Waals surface area contributed by atoms with E-state index in [-0.39, 0.29) is 17.9 Å². The quantitative estimate of drug-likeness (QED) is 0.562. The Hall–Kier alpha value is -3.07. The highest BCUT2D eigenvalue weighted by Gasteiger charge is 2.23. The van der Waals surface area contributed by atoms with Gasteiger partial charge in [0.1, 0.15) is 11.8 Å². The highest BCUT2D eigenvalue weighted by atomic mass is 32.2. The normalized spacial score (nSPS) is 11.9. The lowest BCUT2D eigenvalue weighted by molar-refractivity contribution is -0.142. The molecule has 8 nitrogen and oxygen atoms in total. The highest BCUT2D eigenvalue weighted by Crippen LogP contribution is 2.12. The van der Waals surface area contributed by atoms with Crippen LogP contribution in [0.3, 0.4) is 0 Å². The van der Waals surface area contributed by atoms with Gasteiger partial charge in [-0.15, -0.1) is 0 Å². The van der Waals surface area contributed by atoms with Crippen molar-refractivity contribution in [2.45, 2.75) is 19.0 Å². The summed E-state index contributed by atoms with van der Waals surface area (Å²) < 4.78 is 11.7. The maximum absolute atomic E-state index is 12.6. The molecule has 0 fully saturated rings. The Morgan fingerprint density at radius 2 is 2.07 bits per heavy atom. The van der Waals surface area contributed by atoms with Crippen molar-refractivity contribution in [1.29, 1.82) is 0 Å². The molecule has 0 radical (unpaired) electrons. The number of furan rings is 1. The number of nitrogens with zero attached hydrogens (tertiary/aromatic N) is 2. The van der Waals surface area contributed by atoms with E-state index in [0.29, 0.717) is 28.8 Å². The van der Waals surface area contributed by atoms with Crippen LogP contribution in [0.4, 0.5) is 0 Å². The predicted octanol–water partition coefficient (Wildman–Crippen LogP) is 2.06. The molecular weight excluding hydrogens is 394 g/mol. The fraction of sp³-hybridized carbons (Fsp3) is 0.300. The summed E-state index contributed by atoms with van der Waals surface area (Å²) >= 11 is 1.57. The number of fused-ring (bicyclic) bond motifs is 1. The third-order valence-corrected chi connectivity index (χ3v) is 4.99. The Morgan fingerprint density at radius 1 is 1.28 bits per heavy atom. The zero-order chi connectivity index (χ0) is 20.8. The number of para-hydroxylation sites is 1. The van der Waals surface area contributed by atoms with Gasteiger partial charge in [-0.1, -0.05) is 12.1 Å². The summed E-state index contributed by atoms with van der Waals surface area (Å²) in [5.74, 6) is 0.152. The number of rotatable bonds is 8. The van der Waals surface area contributed by atoms with Crippen LogP contribution >= 0.6 is 11.8 Å². The van der Waals surface area contributed by atoms with Crippen LogP contribution in [0.15, 0.2) is 51.9 Å². The summed E-state index contributed by atoms with van der Waals surface area (Å²) in [5.41, 5.74) is 0.424. The van der Waals surface area contributed by atoms with Gasteiger partial charge in [-0.25, -0.2) is 9.78 Å².